The van der Waals surface area contributed by atoms with Crippen molar-refractivity contribution < 1.29 is 24.2 Å². The maximum absolute atomic E-state index is 12.2. The summed E-state index contributed by atoms with van der Waals surface area (Å²) in [5.41, 5.74) is 0. The first-order chi connectivity index (χ1) is 25.6. The van der Waals surface area contributed by atoms with Gasteiger partial charge in [0, 0.05) is 12.8 Å². The Hall–Kier alpha value is -2.92. The molecular weight excluding hydrogens is 645 g/mol. The van der Waals surface area contributed by atoms with E-state index in [0.717, 1.165) is 51.4 Å². The first kappa shape index (κ1) is 49.1. The molecule has 0 rings (SSSR count). The van der Waals surface area contributed by atoms with E-state index in [1.54, 1.807) is 0 Å². The number of rotatable bonds is 37. The first-order valence-electron chi connectivity index (χ1n) is 21.1. The summed E-state index contributed by atoms with van der Waals surface area (Å²) in [6.07, 6.45) is 58.0. The minimum Gasteiger partial charge on any atom is -0.462 e. The molecule has 0 fully saturated rings. The molecule has 1 N–H and O–H groups in total. The summed E-state index contributed by atoms with van der Waals surface area (Å²) in [4.78, 5) is 24.3. The molecule has 0 aliphatic rings. The molecule has 0 heterocycles. The van der Waals surface area contributed by atoms with Gasteiger partial charge in [-0.1, -0.05) is 170 Å². The third-order valence-corrected chi connectivity index (χ3v) is 8.67. The van der Waals surface area contributed by atoms with Crippen LogP contribution in [0, 0.1) is 0 Å². The van der Waals surface area contributed by atoms with Gasteiger partial charge in [0.15, 0.2) is 6.10 Å². The van der Waals surface area contributed by atoms with Gasteiger partial charge in [0.2, 0.25) is 0 Å². The smallest absolute Gasteiger partial charge is 0.306 e. The van der Waals surface area contributed by atoms with Crippen LogP contribution in [0.2, 0.25) is 0 Å². The molecule has 0 spiro atoms. The Morgan fingerprint density at radius 1 is 0.442 bits per heavy atom. The van der Waals surface area contributed by atoms with Gasteiger partial charge in [-0.25, -0.2) is 0 Å². The van der Waals surface area contributed by atoms with Crippen LogP contribution in [0.4, 0.5) is 0 Å². The first-order valence-corrected chi connectivity index (χ1v) is 21.1. The number of ether oxygens (including phenoxy) is 2. The number of aliphatic hydroxyl groups is 1. The van der Waals surface area contributed by atoms with Crippen LogP contribution < -0.4 is 0 Å². The number of hydrogen-bond donors (Lipinski definition) is 1. The minimum absolute atomic E-state index is 0.102. The van der Waals surface area contributed by atoms with Crippen molar-refractivity contribution in [3.63, 3.8) is 0 Å². The summed E-state index contributed by atoms with van der Waals surface area (Å²) >= 11 is 0. The van der Waals surface area contributed by atoms with Crippen LogP contribution >= 0.6 is 0 Å². The molecule has 0 radical (unpaired) electrons. The Morgan fingerprint density at radius 3 is 1.23 bits per heavy atom. The van der Waals surface area contributed by atoms with E-state index in [9.17, 15) is 14.7 Å². The molecule has 5 nitrogen and oxygen atoms in total. The molecule has 0 aliphatic heterocycles. The molecule has 296 valence electrons. The van der Waals surface area contributed by atoms with Crippen LogP contribution in [0.15, 0.2) is 85.1 Å². The van der Waals surface area contributed by atoms with Crippen molar-refractivity contribution in [1.82, 2.24) is 0 Å². The van der Waals surface area contributed by atoms with Gasteiger partial charge in [-0.05, 0) is 83.5 Å². The van der Waals surface area contributed by atoms with Crippen molar-refractivity contribution in [2.75, 3.05) is 13.2 Å². The second-order valence-electron chi connectivity index (χ2n) is 13.7. The van der Waals surface area contributed by atoms with Gasteiger partial charge in [-0.15, -0.1) is 0 Å². The van der Waals surface area contributed by atoms with Gasteiger partial charge in [-0.3, -0.25) is 9.59 Å². The molecule has 0 unspecified atom stereocenters. The molecule has 0 aromatic carbocycles. The highest BCUT2D eigenvalue weighted by atomic mass is 16.6. The summed E-state index contributed by atoms with van der Waals surface area (Å²) in [6, 6.07) is 0. The van der Waals surface area contributed by atoms with Crippen LogP contribution in [0.3, 0.4) is 0 Å². The average molecular weight is 723 g/mol. The van der Waals surface area contributed by atoms with E-state index in [2.05, 4.69) is 86.8 Å². The van der Waals surface area contributed by atoms with E-state index in [-0.39, 0.29) is 25.6 Å². The fraction of sp³-hybridized carbons (Fsp3) is 0.660. The third-order valence-electron chi connectivity index (χ3n) is 8.67. The molecule has 0 aliphatic carbocycles. The van der Waals surface area contributed by atoms with Crippen LogP contribution in [-0.2, 0) is 19.1 Å². The molecule has 5 heteroatoms. The Labute approximate surface area is 320 Å². The zero-order valence-corrected chi connectivity index (χ0v) is 33.5. The fourth-order valence-corrected chi connectivity index (χ4v) is 5.45. The number of carbonyl (C=O) groups is 2. The summed E-state index contributed by atoms with van der Waals surface area (Å²) in [5.74, 6) is -0.697. The maximum Gasteiger partial charge on any atom is 0.306 e. The van der Waals surface area contributed by atoms with E-state index in [1.807, 2.05) is 12.2 Å². The van der Waals surface area contributed by atoms with Gasteiger partial charge in [0.05, 0.1) is 6.61 Å². The van der Waals surface area contributed by atoms with Crippen molar-refractivity contribution in [2.24, 2.45) is 0 Å². The van der Waals surface area contributed by atoms with Crippen LogP contribution in [-0.4, -0.2) is 36.4 Å². The number of aliphatic hydroxyl groups excluding tert-OH is 1. The molecule has 0 aromatic heterocycles. The maximum atomic E-state index is 12.2. The summed E-state index contributed by atoms with van der Waals surface area (Å²) in [7, 11) is 0. The lowest BCUT2D eigenvalue weighted by Gasteiger charge is -2.15. The lowest BCUT2D eigenvalue weighted by molar-refractivity contribution is -0.161. The second-order valence-corrected chi connectivity index (χ2v) is 13.7. The van der Waals surface area contributed by atoms with Crippen LogP contribution in [0.25, 0.3) is 0 Å². The van der Waals surface area contributed by atoms with E-state index in [0.29, 0.717) is 12.8 Å². The van der Waals surface area contributed by atoms with Gasteiger partial charge < -0.3 is 14.6 Å². The summed E-state index contributed by atoms with van der Waals surface area (Å²) < 4.78 is 10.6. The van der Waals surface area contributed by atoms with E-state index >= 15 is 0 Å². The minimum atomic E-state index is -0.817. The highest BCUT2D eigenvalue weighted by Crippen LogP contribution is 2.12. The molecule has 0 amide bonds. The normalized spacial score (nSPS) is 13.1. The third kappa shape index (κ3) is 39.9. The molecule has 0 saturated carbocycles. The Balaban J connectivity index is 3.69. The molecule has 52 heavy (non-hydrogen) atoms. The van der Waals surface area contributed by atoms with Crippen molar-refractivity contribution in [3.05, 3.63) is 85.1 Å². The Morgan fingerprint density at radius 2 is 0.808 bits per heavy atom. The lowest BCUT2D eigenvalue weighted by atomic mass is 10.1. The van der Waals surface area contributed by atoms with E-state index < -0.39 is 12.1 Å². The van der Waals surface area contributed by atoms with Crippen LogP contribution in [0.1, 0.15) is 181 Å². The lowest BCUT2D eigenvalue weighted by Crippen LogP contribution is -2.28. The van der Waals surface area contributed by atoms with Crippen molar-refractivity contribution in [2.45, 2.75) is 187 Å². The van der Waals surface area contributed by atoms with Crippen LogP contribution in [0.5, 0.6) is 0 Å². The molecule has 0 aromatic rings. The standard InChI is InChI=1S/C47H78O5/c1-3-5-7-9-11-13-15-17-19-21-23-25-27-29-31-33-35-37-39-41-46(49)51-44-45(43-48)52-47(50)42-40-38-36-34-32-30-28-26-24-22-20-18-16-14-12-10-8-6-4-2/h11-14,17-20,24,26,30,32,36,38,45,48H,3-10,15-16,21-23,25,27-29,31,33-35,37,39-44H2,1-2H3/b13-11-,14-12-,19-17-,20-18-,26-24-,32-30-,38-36-/t45-/m0/s1. The number of unbranched alkanes of at least 4 members (excludes halogenated alkanes) is 15. The van der Waals surface area contributed by atoms with E-state index in [4.69, 9.17) is 9.47 Å². The largest absolute Gasteiger partial charge is 0.462 e. The van der Waals surface area contributed by atoms with E-state index in [1.165, 1.54) is 96.3 Å². The van der Waals surface area contributed by atoms with Crippen molar-refractivity contribution >= 4 is 11.9 Å². The zero-order chi connectivity index (χ0) is 37.8. The van der Waals surface area contributed by atoms with Crippen molar-refractivity contribution in [1.29, 1.82) is 0 Å². The summed E-state index contributed by atoms with van der Waals surface area (Å²) in [6.45, 7) is 4.01. The zero-order valence-electron chi connectivity index (χ0n) is 33.5. The average Bonchev–Trinajstić information content (AvgIpc) is 3.15. The Bertz CT molecular complexity index is 999. The highest BCUT2D eigenvalue weighted by molar-refractivity contribution is 5.70. The number of esters is 2. The monoisotopic (exact) mass is 723 g/mol. The SMILES string of the molecule is CCCCC/C=C\C/C=C\C/C=C\C/C=C\C/C=C\CCC(=O)O[C@@H](CO)COC(=O)CCCCCCCCCCC/C=C\C/C=C\CCCCC. The number of carbonyl (C=O) groups excluding carboxylic acids is 2. The van der Waals surface area contributed by atoms with Gasteiger partial charge in [0.1, 0.15) is 6.61 Å². The molecule has 0 bridgehead atoms. The Kier molecular flexibility index (Phi) is 40.1. The van der Waals surface area contributed by atoms with Crippen molar-refractivity contribution in [3.8, 4) is 0 Å². The quantitative estimate of drug-likeness (QED) is 0.0393. The number of hydrogen-bond acceptors (Lipinski definition) is 5. The van der Waals surface area contributed by atoms with Gasteiger partial charge in [0.25, 0.3) is 0 Å². The molecular formula is C47H78O5. The predicted octanol–water partition coefficient (Wildman–Crippen LogP) is 13.5. The topological polar surface area (TPSA) is 72.8 Å². The molecule has 0 saturated heterocycles. The second kappa shape index (κ2) is 42.5. The van der Waals surface area contributed by atoms with Gasteiger partial charge >= 0.3 is 11.9 Å². The predicted molar refractivity (Wildman–Crippen MR) is 223 cm³/mol. The fourth-order valence-electron chi connectivity index (χ4n) is 5.45. The molecule has 1 atom stereocenters. The van der Waals surface area contributed by atoms with Gasteiger partial charge in [-0.2, -0.15) is 0 Å². The number of allylic oxidation sites excluding steroid dienone is 14. The summed E-state index contributed by atoms with van der Waals surface area (Å²) in [5, 5.41) is 9.56. The highest BCUT2D eigenvalue weighted by Gasteiger charge is 2.15.